The lowest BCUT2D eigenvalue weighted by molar-refractivity contribution is -0.0593. The highest BCUT2D eigenvalue weighted by Crippen LogP contribution is 2.26. The van der Waals surface area contributed by atoms with Gasteiger partial charge in [-0.25, -0.2) is 4.79 Å². The minimum Gasteiger partial charge on any atom is -0.445 e. The number of rotatable bonds is 4. The van der Waals surface area contributed by atoms with Gasteiger partial charge >= 0.3 is 6.09 Å². The number of benzene rings is 1. The summed E-state index contributed by atoms with van der Waals surface area (Å²) in [5.74, 6) is 0.709. The Hall–Kier alpha value is -1.59. The molecule has 2 aliphatic rings. The van der Waals surface area contributed by atoms with Crippen LogP contribution in [0, 0.1) is 5.92 Å². The van der Waals surface area contributed by atoms with E-state index in [-0.39, 0.29) is 12.7 Å². The van der Waals surface area contributed by atoms with E-state index in [1.807, 2.05) is 30.3 Å². The second-order valence-corrected chi connectivity index (χ2v) is 6.61. The van der Waals surface area contributed by atoms with Crippen LogP contribution in [-0.4, -0.2) is 53.4 Å². The van der Waals surface area contributed by atoms with Gasteiger partial charge in [0.15, 0.2) is 0 Å². The first-order valence-corrected chi connectivity index (χ1v) is 8.60. The summed E-state index contributed by atoms with van der Waals surface area (Å²) in [4.78, 5) is 15.9. The van der Waals surface area contributed by atoms with Crippen molar-refractivity contribution in [2.75, 3.05) is 26.2 Å². The number of hydrogen-bond donors (Lipinski definition) is 1. The molecule has 1 unspecified atom stereocenters. The summed E-state index contributed by atoms with van der Waals surface area (Å²) in [5, 5.41) is 10.3. The van der Waals surface area contributed by atoms with Gasteiger partial charge in [0.05, 0.1) is 6.54 Å². The third-order valence-electron chi connectivity index (χ3n) is 4.89. The second-order valence-electron chi connectivity index (χ2n) is 6.61. The van der Waals surface area contributed by atoms with E-state index in [0.717, 1.165) is 18.7 Å². The number of β-amino-alcohol motifs (C(OH)–C–C–N with tert-alkyl or cyclic N) is 1. The largest absolute Gasteiger partial charge is 0.445 e. The molecule has 5 heteroatoms. The number of ether oxygens (including phenoxy) is 1. The van der Waals surface area contributed by atoms with E-state index < -0.39 is 6.23 Å². The Labute approximate surface area is 137 Å². The van der Waals surface area contributed by atoms with Crippen LogP contribution in [-0.2, 0) is 11.3 Å². The van der Waals surface area contributed by atoms with Crippen LogP contribution in [0.5, 0.6) is 0 Å². The van der Waals surface area contributed by atoms with Gasteiger partial charge in [-0.05, 0) is 24.3 Å². The molecular formula is C18H26N2O3. The van der Waals surface area contributed by atoms with Crippen LogP contribution in [0.1, 0.15) is 31.2 Å². The number of carbonyl (C=O) groups excluding carboxylic acids is 1. The quantitative estimate of drug-likeness (QED) is 0.926. The van der Waals surface area contributed by atoms with Crippen LogP contribution in [0.3, 0.4) is 0 Å². The predicted molar refractivity (Wildman–Crippen MR) is 87.7 cm³/mol. The number of hydrogen-bond acceptors (Lipinski definition) is 4. The summed E-state index contributed by atoms with van der Waals surface area (Å²) in [6.45, 7) is 2.90. The first kappa shape index (κ1) is 16.3. The minimum absolute atomic E-state index is 0.276. The van der Waals surface area contributed by atoms with E-state index in [1.165, 1.54) is 25.7 Å². The molecule has 1 saturated heterocycles. The number of amides is 1. The van der Waals surface area contributed by atoms with Crippen molar-refractivity contribution in [3.63, 3.8) is 0 Å². The van der Waals surface area contributed by atoms with Crippen LogP contribution in [0.25, 0.3) is 0 Å². The van der Waals surface area contributed by atoms with Crippen molar-refractivity contribution >= 4 is 6.09 Å². The third-order valence-corrected chi connectivity index (χ3v) is 4.89. The van der Waals surface area contributed by atoms with Crippen molar-refractivity contribution in [2.24, 2.45) is 5.92 Å². The van der Waals surface area contributed by atoms with E-state index in [2.05, 4.69) is 4.90 Å². The maximum atomic E-state index is 12.1. The highest BCUT2D eigenvalue weighted by Gasteiger charge is 2.30. The van der Waals surface area contributed by atoms with E-state index >= 15 is 0 Å². The molecule has 126 valence electrons. The van der Waals surface area contributed by atoms with Gasteiger partial charge in [-0.2, -0.15) is 0 Å². The average Bonchev–Trinajstić information content (AvgIpc) is 3.08. The van der Waals surface area contributed by atoms with Crippen molar-refractivity contribution in [3.8, 4) is 0 Å². The van der Waals surface area contributed by atoms with E-state index in [1.54, 1.807) is 4.90 Å². The highest BCUT2D eigenvalue weighted by molar-refractivity contribution is 5.67. The fourth-order valence-electron chi connectivity index (χ4n) is 3.52. The first-order chi connectivity index (χ1) is 11.2. The fourth-order valence-corrected chi connectivity index (χ4v) is 3.52. The molecule has 0 radical (unpaired) electrons. The summed E-state index contributed by atoms with van der Waals surface area (Å²) in [6, 6.07) is 9.65. The first-order valence-electron chi connectivity index (χ1n) is 8.60. The van der Waals surface area contributed by atoms with Gasteiger partial charge in [0.25, 0.3) is 0 Å². The smallest absolute Gasteiger partial charge is 0.410 e. The van der Waals surface area contributed by atoms with Gasteiger partial charge in [0.1, 0.15) is 12.8 Å². The standard InChI is InChI=1S/C18H26N2O3/c21-17-13-20(11-10-19(17)12-15-6-4-5-7-15)18(22)23-14-16-8-2-1-3-9-16/h1-3,8-9,15,17,21H,4-7,10-14H2. The van der Waals surface area contributed by atoms with Gasteiger partial charge in [-0.3, -0.25) is 4.90 Å². The third kappa shape index (κ3) is 4.45. The van der Waals surface area contributed by atoms with Crippen molar-refractivity contribution in [1.29, 1.82) is 0 Å². The zero-order valence-electron chi connectivity index (χ0n) is 13.6. The van der Waals surface area contributed by atoms with E-state index in [0.29, 0.717) is 19.0 Å². The van der Waals surface area contributed by atoms with Gasteiger partial charge in [0.2, 0.25) is 0 Å². The van der Waals surface area contributed by atoms with Crippen LogP contribution >= 0.6 is 0 Å². The Balaban J connectivity index is 1.44. The second kappa shape index (κ2) is 7.79. The number of nitrogens with zero attached hydrogens (tertiary/aromatic N) is 2. The van der Waals surface area contributed by atoms with Gasteiger partial charge in [-0.15, -0.1) is 0 Å². The molecule has 1 aliphatic carbocycles. The zero-order chi connectivity index (χ0) is 16.1. The Morgan fingerprint density at radius 2 is 1.91 bits per heavy atom. The molecule has 1 N–H and O–H groups in total. The molecule has 1 atom stereocenters. The number of piperazine rings is 1. The maximum absolute atomic E-state index is 12.1. The van der Waals surface area contributed by atoms with Crippen LogP contribution in [0.4, 0.5) is 4.79 Å². The molecule has 1 heterocycles. The molecule has 0 bridgehead atoms. The molecular weight excluding hydrogens is 292 g/mol. The number of carbonyl (C=O) groups is 1. The van der Waals surface area contributed by atoms with Crippen LogP contribution in [0.15, 0.2) is 30.3 Å². The van der Waals surface area contributed by atoms with E-state index in [9.17, 15) is 9.90 Å². The molecule has 0 aromatic heterocycles. The molecule has 1 amide bonds. The topological polar surface area (TPSA) is 53.0 Å². The van der Waals surface area contributed by atoms with Crippen molar-refractivity contribution < 1.29 is 14.6 Å². The number of aliphatic hydroxyl groups excluding tert-OH is 1. The molecule has 3 rings (SSSR count). The summed E-state index contributed by atoms with van der Waals surface area (Å²) in [5.41, 5.74) is 0.973. The molecule has 1 saturated carbocycles. The Bertz CT molecular complexity index is 502. The molecule has 1 aromatic rings. The summed E-state index contributed by atoms with van der Waals surface area (Å²) < 4.78 is 5.34. The summed E-state index contributed by atoms with van der Waals surface area (Å²) >= 11 is 0. The van der Waals surface area contributed by atoms with Crippen molar-refractivity contribution in [3.05, 3.63) is 35.9 Å². The average molecular weight is 318 g/mol. The predicted octanol–water partition coefficient (Wildman–Crippen LogP) is 2.45. The Morgan fingerprint density at radius 3 is 2.61 bits per heavy atom. The van der Waals surface area contributed by atoms with E-state index in [4.69, 9.17) is 4.74 Å². The summed E-state index contributed by atoms with van der Waals surface area (Å²) in [7, 11) is 0. The van der Waals surface area contributed by atoms with Crippen molar-refractivity contribution in [1.82, 2.24) is 9.80 Å². The van der Waals surface area contributed by atoms with Gasteiger partial charge in [0, 0.05) is 19.6 Å². The monoisotopic (exact) mass is 318 g/mol. The zero-order valence-corrected chi connectivity index (χ0v) is 13.6. The molecule has 23 heavy (non-hydrogen) atoms. The molecule has 1 aliphatic heterocycles. The lowest BCUT2D eigenvalue weighted by Gasteiger charge is -2.39. The highest BCUT2D eigenvalue weighted by atomic mass is 16.6. The summed E-state index contributed by atoms with van der Waals surface area (Å²) in [6.07, 6.45) is 4.25. The minimum atomic E-state index is -0.575. The van der Waals surface area contributed by atoms with Gasteiger partial charge < -0.3 is 14.7 Å². The lowest BCUT2D eigenvalue weighted by atomic mass is 10.1. The Morgan fingerprint density at radius 1 is 1.17 bits per heavy atom. The fraction of sp³-hybridized carbons (Fsp3) is 0.611. The van der Waals surface area contributed by atoms with Crippen LogP contribution < -0.4 is 0 Å². The van der Waals surface area contributed by atoms with Crippen LogP contribution in [0.2, 0.25) is 0 Å². The van der Waals surface area contributed by atoms with Gasteiger partial charge in [-0.1, -0.05) is 43.2 Å². The molecule has 1 aromatic carbocycles. The normalized spacial score (nSPS) is 23.2. The number of aliphatic hydroxyl groups is 1. The molecule has 5 nitrogen and oxygen atoms in total. The Kier molecular flexibility index (Phi) is 5.51. The van der Waals surface area contributed by atoms with Crippen molar-refractivity contribution in [2.45, 2.75) is 38.5 Å². The maximum Gasteiger partial charge on any atom is 0.410 e. The SMILES string of the molecule is O=C(OCc1ccccc1)N1CCN(CC2CCCC2)C(O)C1. The lowest BCUT2D eigenvalue weighted by Crippen LogP contribution is -2.55. The molecule has 2 fully saturated rings. The molecule has 0 spiro atoms.